The average Bonchev–Trinajstić information content (AvgIpc) is 3.05. The van der Waals surface area contributed by atoms with Crippen molar-refractivity contribution in [1.29, 1.82) is 0 Å². The van der Waals surface area contributed by atoms with Crippen molar-refractivity contribution >= 4 is 11.4 Å². The van der Waals surface area contributed by atoms with E-state index in [-0.39, 0.29) is 0 Å². The van der Waals surface area contributed by atoms with Crippen molar-refractivity contribution in [2.45, 2.75) is 91.9 Å². The third-order valence-electron chi connectivity index (χ3n) is 6.50. The molecule has 2 heteroatoms. The number of unbranched alkanes of at least 4 members (excludes halogenated alkanes) is 6. The Bertz CT molecular complexity index is 993. The van der Waals surface area contributed by atoms with Gasteiger partial charge >= 0.3 is 0 Å². The fourth-order valence-corrected chi connectivity index (χ4v) is 4.81. The summed E-state index contributed by atoms with van der Waals surface area (Å²) in [6.07, 6.45) is 12.0. The van der Waals surface area contributed by atoms with E-state index in [2.05, 4.69) is 76.2 Å². The van der Waals surface area contributed by atoms with Gasteiger partial charge in [-0.3, -0.25) is 0 Å². The van der Waals surface area contributed by atoms with E-state index in [1.807, 2.05) is 0 Å². The van der Waals surface area contributed by atoms with Crippen molar-refractivity contribution in [3.63, 3.8) is 0 Å². The largest absolute Gasteiger partial charge is 0.493 e. The smallest absolute Gasteiger partial charge is 0.211 e. The van der Waals surface area contributed by atoms with Crippen LogP contribution in [0.15, 0.2) is 59.7 Å². The van der Waals surface area contributed by atoms with E-state index < -0.39 is 0 Å². The van der Waals surface area contributed by atoms with Crippen LogP contribution in [0.1, 0.15) is 100 Å². The molecule has 2 nitrogen and oxygen atoms in total. The van der Waals surface area contributed by atoms with E-state index in [1.165, 1.54) is 65.5 Å². The standard InChI is InChI=1S/C30H40N2/c1-5-7-9-10-11-12-20-28-27(19-8-6-2)29(25-17-13-15-23(3)21-25)32(31)30(28)26-18-14-16-24(4)22-26/h13-18,21-22H,5-12,19-20H2,1-4H3. The monoisotopic (exact) mass is 428 g/mol. The maximum Gasteiger partial charge on any atom is 0.211 e. The summed E-state index contributed by atoms with van der Waals surface area (Å²) < 4.78 is 1.50. The summed E-state index contributed by atoms with van der Waals surface area (Å²) >= 11 is 0. The van der Waals surface area contributed by atoms with E-state index >= 15 is 0 Å². The van der Waals surface area contributed by atoms with Crippen LogP contribution in [0.2, 0.25) is 0 Å². The molecule has 2 aromatic carbocycles. The maximum atomic E-state index is 11.6. The summed E-state index contributed by atoms with van der Waals surface area (Å²) in [7, 11) is 0. The Morgan fingerprint density at radius 3 is 1.59 bits per heavy atom. The predicted molar refractivity (Wildman–Crippen MR) is 137 cm³/mol. The van der Waals surface area contributed by atoms with Gasteiger partial charge < -0.3 is 5.53 Å². The van der Waals surface area contributed by atoms with E-state index in [0.717, 1.165) is 48.2 Å². The van der Waals surface area contributed by atoms with Gasteiger partial charge in [0.2, 0.25) is 11.4 Å². The van der Waals surface area contributed by atoms with Gasteiger partial charge in [-0.15, -0.1) is 0 Å². The molecule has 0 N–H and O–H groups in total. The zero-order valence-corrected chi connectivity index (χ0v) is 20.6. The molecule has 0 bridgehead atoms. The minimum absolute atomic E-state index is 0.986. The minimum Gasteiger partial charge on any atom is -0.493 e. The normalized spacial score (nSPS) is 14.1. The molecule has 0 aromatic heterocycles. The lowest BCUT2D eigenvalue weighted by Crippen LogP contribution is -2.03. The third kappa shape index (κ3) is 5.85. The minimum atomic E-state index is 0.986. The third-order valence-corrected chi connectivity index (χ3v) is 6.50. The second-order valence-corrected chi connectivity index (χ2v) is 9.33. The lowest BCUT2D eigenvalue weighted by Gasteiger charge is -2.10. The van der Waals surface area contributed by atoms with Crippen LogP contribution in [0.25, 0.3) is 16.9 Å². The Kier molecular flexibility index (Phi) is 9.02. The Balaban J connectivity index is 2.02. The van der Waals surface area contributed by atoms with Gasteiger partial charge in [-0.1, -0.05) is 87.8 Å². The molecule has 0 saturated carbocycles. The lowest BCUT2D eigenvalue weighted by atomic mass is 9.91. The first-order valence-corrected chi connectivity index (χ1v) is 12.7. The highest BCUT2D eigenvalue weighted by atomic mass is 15.2. The van der Waals surface area contributed by atoms with Gasteiger partial charge in [-0.05, 0) is 63.8 Å². The molecule has 1 aliphatic rings. The summed E-state index contributed by atoms with van der Waals surface area (Å²) in [6, 6.07) is 17.1. The van der Waals surface area contributed by atoms with Gasteiger partial charge in [0, 0.05) is 22.3 Å². The Morgan fingerprint density at radius 1 is 0.625 bits per heavy atom. The highest BCUT2D eigenvalue weighted by molar-refractivity contribution is 5.82. The predicted octanol–water partition coefficient (Wildman–Crippen LogP) is 9.41. The first-order chi connectivity index (χ1) is 15.6. The van der Waals surface area contributed by atoms with E-state index in [4.69, 9.17) is 0 Å². The molecule has 2 aromatic rings. The van der Waals surface area contributed by atoms with Crippen LogP contribution in [0, 0.1) is 13.8 Å². The first-order valence-electron chi connectivity index (χ1n) is 12.7. The van der Waals surface area contributed by atoms with Crippen molar-refractivity contribution < 1.29 is 4.70 Å². The maximum absolute atomic E-state index is 11.6. The summed E-state index contributed by atoms with van der Waals surface area (Å²) in [5.74, 6) is 0. The molecule has 0 saturated heterocycles. The van der Waals surface area contributed by atoms with Crippen molar-refractivity contribution in [2.75, 3.05) is 0 Å². The second kappa shape index (κ2) is 11.9. The number of aryl methyl sites for hydroxylation is 2. The van der Waals surface area contributed by atoms with Crippen molar-refractivity contribution in [1.82, 2.24) is 0 Å². The number of allylic oxidation sites excluding steroid dienone is 2. The molecule has 1 heterocycles. The zero-order valence-electron chi connectivity index (χ0n) is 20.6. The molecule has 32 heavy (non-hydrogen) atoms. The fraction of sp³-hybridized carbons (Fsp3) is 0.467. The Hall–Kier alpha value is -2.48. The molecule has 0 spiro atoms. The molecule has 170 valence electrons. The van der Waals surface area contributed by atoms with Crippen molar-refractivity contribution in [3.05, 3.63) is 87.5 Å². The van der Waals surface area contributed by atoms with E-state index in [1.54, 1.807) is 0 Å². The number of hydrogen-bond donors (Lipinski definition) is 0. The van der Waals surface area contributed by atoms with Gasteiger partial charge in [0.1, 0.15) is 0 Å². The SMILES string of the molecule is CCCCCCCCC1=C(c2cccc(C)c2)[N+](=[N-])C(c2cccc(C)c2)=C1CCCC. The molecular weight excluding hydrogens is 388 g/mol. The average molecular weight is 429 g/mol. The Labute approximate surface area is 195 Å². The number of rotatable bonds is 12. The second-order valence-electron chi connectivity index (χ2n) is 9.33. The topological polar surface area (TPSA) is 25.3 Å². The van der Waals surface area contributed by atoms with Gasteiger partial charge in [-0.2, -0.15) is 0 Å². The van der Waals surface area contributed by atoms with Crippen LogP contribution in [-0.4, -0.2) is 4.70 Å². The van der Waals surface area contributed by atoms with E-state index in [9.17, 15) is 5.53 Å². The van der Waals surface area contributed by atoms with Crippen LogP contribution in [0.3, 0.4) is 0 Å². The number of benzene rings is 2. The molecule has 0 amide bonds. The number of hydrogen-bond acceptors (Lipinski definition) is 0. The van der Waals surface area contributed by atoms with Crippen LogP contribution in [0.4, 0.5) is 0 Å². The van der Waals surface area contributed by atoms with Gasteiger partial charge in [0.25, 0.3) is 0 Å². The Morgan fingerprint density at radius 2 is 1.09 bits per heavy atom. The van der Waals surface area contributed by atoms with Gasteiger partial charge in [0.15, 0.2) is 0 Å². The molecular formula is C30H40N2. The molecule has 0 atom stereocenters. The van der Waals surface area contributed by atoms with Gasteiger partial charge in [0.05, 0.1) is 0 Å². The van der Waals surface area contributed by atoms with Gasteiger partial charge in [-0.25, -0.2) is 4.70 Å². The number of nitrogens with zero attached hydrogens (tertiary/aromatic N) is 2. The highest BCUT2D eigenvalue weighted by Gasteiger charge is 2.35. The molecule has 3 rings (SSSR count). The van der Waals surface area contributed by atoms with Crippen molar-refractivity contribution in [2.24, 2.45) is 0 Å². The first kappa shape index (κ1) is 24.2. The van der Waals surface area contributed by atoms with Crippen LogP contribution in [-0.2, 0) is 0 Å². The van der Waals surface area contributed by atoms with Crippen LogP contribution >= 0.6 is 0 Å². The summed E-state index contributed by atoms with van der Waals surface area (Å²) in [4.78, 5) is 0. The highest BCUT2D eigenvalue weighted by Crippen LogP contribution is 2.44. The zero-order chi connectivity index (χ0) is 22.9. The summed E-state index contributed by atoms with van der Waals surface area (Å²) in [5, 5.41) is 0. The van der Waals surface area contributed by atoms with E-state index in [0.29, 0.717) is 0 Å². The van der Waals surface area contributed by atoms with Crippen molar-refractivity contribution in [3.8, 4) is 0 Å². The van der Waals surface area contributed by atoms with Crippen LogP contribution in [0.5, 0.6) is 0 Å². The molecule has 0 radical (unpaired) electrons. The molecule has 1 aliphatic heterocycles. The summed E-state index contributed by atoms with van der Waals surface area (Å²) in [6.45, 7) is 8.77. The van der Waals surface area contributed by atoms with Crippen LogP contribution < -0.4 is 0 Å². The molecule has 0 fully saturated rings. The fourth-order valence-electron chi connectivity index (χ4n) is 4.81. The molecule has 0 aliphatic carbocycles. The molecule has 0 unspecified atom stereocenters. The summed E-state index contributed by atoms with van der Waals surface area (Å²) in [5.41, 5.74) is 20.9. The quantitative estimate of drug-likeness (QED) is 0.238. The lowest BCUT2D eigenvalue weighted by molar-refractivity contribution is -0.345.